The third kappa shape index (κ3) is 3.74. The zero-order valence-corrected chi connectivity index (χ0v) is 11.4. The topological polar surface area (TPSA) is 41.6 Å². The van der Waals surface area contributed by atoms with Crippen molar-refractivity contribution in [3.8, 4) is 0 Å². The third-order valence-corrected chi connectivity index (χ3v) is 3.07. The molecule has 2 rings (SSSR count). The van der Waals surface area contributed by atoms with Crippen molar-refractivity contribution in [1.29, 1.82) is 0 Å². The molecule has 0 aromatic heterocycles. The average molecular weight is 260 g/mol. The number of rotatable bonds is 4. The Kier molecular flexibility index (Phi) is 4.44. The quantitative estimate of drug-likeness (QED) is 0.904. The predicted octanol–water partition coefficient (Wildman–Crippen LogP) is 2.49. The summed E-state index contributed by atoms with van der Waals surface area (Å²) in [6.45, 7) is 0.754. The Morgan fingerprint density at radius 1 is 1.47 bits per heavy atom. The molecular formula is C15H20N2O2. The zero-order valence-electron chi connectivity index (χ0n) is 11.4. The minimum atomic E-state index is 0.0144. The normalized spacial score (nSPS) is 17.7. The monoisotopic (exact) mass is 260 g/mol. The molecule has 0 spiro atoms. The first-order valence-corrected chi connectivity index (χ1v) is 6.53. The van der Waals surface area contributed by atoms with Gasteiger partial charge in [-0.2, -0.15) is 0 Å². The molecule has 0 aliphatic carbocycles. The van der Waals surface area contributed by atoms with Crippen LogP contribution in [0.1, 0.15) is 23.2 Å². The number of anilines is 1. The van der Waals surface area contributed by atoms with E-state index < -0.39 is 0 Å². The van der Waals surface area contributed by atoms with Crippen LogP contribution in [0.5, 0.6) is 0 Å². The molecule has 1 atom stereocenters. The summed E-state index contributed by atoms with van der Waals surface area (Å²) in [4.78, 5) is 13.4. The van der Waals surface area contributed by atoms with Crippen molar-refractivity contribution in [3.63, 3.8) is 0 Å². The van der Waals surface area contributed by atoms with E-state index >= 15 is 0 Å². The van der Waals surface area contributed by atoms with Crippen LogP contribution in [0.2, 0.25) is 0 Å². The van der Waals surface area contributed by atoms with E-state index in [0.717, 1.165) is 25.1 Å². The molecule has 19 heavy (non-hydrogen) atoms. The van der Waals surface area contributed by atoms with Crippen molar-refractivity contribution in [3.05, 3.63) is 42.2 Å². The van der Waals surface area contributed by atoms with Crippen LogP contribution >= 0.6 is 0 Å². The van der Waals surface area contributed by atoms with Crippen LogP contribution in [0.3, 0.4) is 0 Å². The van der Waals surface area contributed by atoms with Gasteiger partial charge in [0.2, 0.25) is 0 Å². The molecule has 1 aromatic rings. The standard InChI is InChI=1S/C15H20N2O2/c1-17(2)15(18)12-6-5-7-13(10-12)16-11-14-8-3-4-9-19-14/h4-7,9-10,14,16H,3,8,11H2,1-2H3. The molecule has 1 aromatic carbocycles. The summed E-state index contributed by atoms with van der Waals surface area (Å²) in [6.07, 6.45) is 6.10. The highest BCUT2D eigenvalue weighted by Gasteiger charge is 2.11. The number of allylic oxidation sites excluding steroid dienone is 1. The summed E-state index contributed by atoms with van der Waals surface area (Å²) < 4.78 is 5.50. The van der Waals surface area contributed by atoms with Crippen LogP contribution in [0.4, 0.5) is 5.69 Å². The van der Waals surface area contributed by atoms with Gasteiger partial charge in [0.15, 0.2) is 0 Å². The molecule has 1 unspecified atom stereocenters. The van der Waals surface area contributed by atoms with Gasteiger partial charge in [-0.25, -0.2) is 0 Å². The smallest absolute Gasteiger partial charge is 0.253 e. The summed E-state index contributed by atoms with van der Waals surface area (Å²) in [6, 6.07) is 7.56. The molecule has 0 saturated carbocycles. The van der Waals surface area contributed by atoms with Crippen molar-refractivity contribution in [2.45, 2.75) is 18.9 Å². The maximum absolute atomic E-state index is 11.9. The molecule has 1 N–H and O–H groups in total. The van der Waals surface area contributed by atoms with E-state index in [0.29, 0.717) is 5.56 Å². The van der Waals surface area contributed by atoms with Gasteiger partial charge in [-0.1, -0.05) is 6.07 Å². The Balaban J connectivity index is 1.95. The number of carbonyl (C=O) groups excluding carboxylic acids is 1. The largest absolute Gasteiger partial charge is 0.497 e. The molecule has 1 heterocycles. The molecule has 1 aliphatic heterocycles. The minimum absolute atomic E-state index is 0.0144. The van der Waals surface area contributed by atoms with E-state index in [1.54, 1.807) is 25.3 Å². The highest BCUT2D eigenvalue weighted by molar-refractivity contribution is 5.94. The van der Waals surface area contributed by atoms with Crippen LogP contribution < -0.4 is 5.32 Å². The number of carbonyl (C=O) groups is 1. The van der Waals surface area contributed by atoms with Crippen molar-refractivity contribution in [2.24, 2.45) is 0 Å². The van der Waals surface area contributed by atoms with E-state index in [1.165, 1.54) is 0 Å². The molecule has 1 amide bonds. The number of ether oxygens (including phenoxy) is 1. The fourth-order valence-electron chi connectivity index (χ4n) is 1.99. The van der Waals surface area contributed by atoms with E-state index in [1.807, 2.05) is 30.3 Å². The Morgan fingerprint density at radius 2 is 2.32 bits per heavy atom. The molecule has 0 saturated heterocycles. The molecule has 0 bridgehead atoms. The van der Waals surface area contributed by atoms with Crippen molar-refractivity contribution in [1.82, 2.24) is 4.90 Å². The predicted molar refractivity (Wildman–Crippen MR) is 76.2 cm³/mol. The summed E-state index contributed by atoms with van der Waals surface area (Å²) in [5.74, 6) is 0.0144. The lowest BCUT2D eigenvalue weighted by Crippen LogP contribution is -2.24. The average Bonchev–Trinajstić information content (AvgIpc) is 2.45. The zero-order chi connectivity index (χ0) is 13.7. The van der Waals surface area contributed by atoms with Crippen molar-refractivity contribution >= 4 is 11.6 Å². The lowest BCUT2D eigenvalue weighted by Gasteiger charge is -2.20. The van der Waals surface area contributed by atoms with E-state index in [9.17, 15) is 4.79 Å². The summed E-state index contributed by atoms with van der Waals surface area (Å²) in [5.41, 5.74) is 1.64. The van der Waals surface area contributed by atoms with Gasteiger partial charge in [-0.3, -0.25) is 4.79 Å². The number of nitrogens with zero attached hydrogens (tertiary/aromatic N) is 1. The lowest BCUT2D eigenvalue weighted by molar-refractivity contribution is 0.0827. The third-order valence-electron chi connectivity index (χ3n) is 3.07. The lowest BCUT2D eigenvalue weighted by atomic mass is 10.1. The highest BCUT2D eigenvalue weighted by atomic mass is 16.5. The first-order chi connectivity index (χ1) is 9.16. The first-order valence-electron chi connectivity index (χ1n) is 6.53. The molecule has 4 nitrogen and oxygen atoms in total. The summed E-state index contributed by atoms with van der Waals surface area (Å²) in [5, 5.41) is 3.32. The minimum Gasteiger partial charge on any atom is -0.497 e. The molecule has 102 valence electrons. The molecule has 1 aliphatic rings. The van der Waals surface area contributed by atoms with E-state index in [4.69, 9.17) is 4.74 Å². The van der Waals surface area contributed by atoms with Gasteiger partial charge in [0.25, 0.3) is 5.91 Å². The first kappa shape index (κ1) is 13.5. The fraction of sp³-hybridized carbons (Fsp3) is 0.400. The Hall–Kier alpha value is -1.97. The van der Waals surface area contributed by atoms with E-state index in [-0.39, 0.29) is 12.0 Å². The van der Waals surface area contributed by atoms with Crippen molar-refractivity contribution in [2.75, 3.05) is 26.0 Å². The Bertz CT molecular complexity index is 469. The number of hydrogen-bond donors (Lipinski definition) is 1. The second-order valence-corrected chi connectivity index (χ2v) is 4.87. The molecule has 0 radical (unpaired) electrons. The second kappa shape index (κ2) is 6.27. The van der Waals surface area contributed by atoms with Gasteiger partial charge >= 0.3 is 0 Å². The van der Waals surface area contributed by atoms with Gasteiger partial charge in [0.1, 0.15) is 6.10 Å². The number of benzene rings is 1. The second-order valence-electron chi connectivity index (χ2n) is 4.87. The van der Waals surface area contributed by atoms with E-state index in [2.05, 4.69) is 5.32 Å². The van der Waals surface area contributed by atoms with Gasteiger partial charge in [-0.05, 0) is 37.1 Å². The Morgan fingerprint density at radius 3 is 3.00 bits per heavy atom. The number of amides is 1. The fourth-order valence-corrected chi connectivity index (χ4v) is 1.99. The van der Waals surface area contributed by atoms with Gasteiger partial charge in [0.05, 0.1) is 12.8 Å². The SMILES string of the molecule is CN(C)C(=O)c1cccc(NCC2CCC=CO2)c1. The van der Waals surface area contributed by atoms with Crippen LogP contribution in [0, 0.1) is 0 Å². The number of hydrogen-bond acceptors (Lipinski definition) is 3. The maximum atomic E-state index is 11.9. The van der Waals surface area contributed by atoms with Crippen LogP contribution in [0.25, 0.3) is 0 Å². The molecule has 4 heteroatoms. The highest BCUT2D eigenvalue weighted by Crippen LogP contribution is 2.15. The van der Waals surface area contributed by atoms with Gasteiger partial charge < -0.3 is 15.0 Å². The molecular weight excluding hydrogens is 240 g/mol. The van der Waals surface area contributed by atoms with Gasteiger partial charge in [-0.15, -0.1) is 0 Å². The summed E-state index contributed by atoms with van der Waals surface area (Å²) in [7, 11) is 3.51. The van der Waals surface area contributed by atoms with Gasteiger partial charge in [0, 0.05) is 25.3 Å². The number of nitrogens with one attached hydrogen (secondary N) is 1. The maximum Gasteiger partial charge on any atom is 0.253 e. The molecule has 0 fully saturated rings. The Labute approximate surface area is 114 Å². The van der Waals surface area contributed by atoms with Crippen LogP contribution in [-0.2, 0) is 4.74 Å². The van der Waals surface area contributed by atoms with Crippen LogP contribution in [0.15, 0.2) is 36.6 Å². The summed E-state index contributed by atoms with van der Waals surface area (Å²) >= 11 is 0. The van der Waals surface area contributed by atoms with Crippen LogP contribution in [-0.4, -0.2) is 37.6 Å². The van der Waals surface area contributed by atoms with Crippen molar-refractivity contribution < 1.29 is 9.53 Å².